The topological polar surface area (TPSA) is 57.7 Å². The maximum absolute atomic E-state index is 14.5. The number of hydrogen-bond acceptors (Lipinski definition) is 4. The molecule has 0 N–H and O–H groups in total. The van der Waals surface area contributed by atoms with E-state index in [1.165, 1.54) is 18.6 Å². The summed E-state index contributed by atoms with van der Waals surface area (Å²) >= 11 is 0. The molecule has 31 heavy (non-hydrogen) atoms. The number of anilines is 1. The van der Waals surface area contributed by atoms with E-state index in [1.807, 2.05) is 48.0 Å². The van der Waals surface area contributed by atoms with Crippen molar-refractivity contribution in [3.63, 3.8) is 0 Å². The Kier molecular flexibility index (Phi) is 4.87. The van der Waals surface area contributed by atoms with E-state index in [0.717, 1.165) is 54.0 Å². The highest BCUT2D eigenvalue weighted by Crippen LogP contribution is 2.34. The largest absolute Gasteiger partial charge is 0.370 e. The molecule has 1 aliphatic heterocycles. The maximum atomic E-state index is 14.5. The molecule has 4 aromatic rings. The third kappa shape index (κ3) is 3.42. The molecule has 1 aliphatic rings. The lowest BCUT2D eigenvalue weighted by Crippen LogP contribution is -2.29. The molecule has 5 nitrogen and oxygen atoms in total. The van der Waals surface area contributed by atoms with Crippen molar-refractivity contribution in [1.82, 2.24) is 14.5 Å². The lowest BCUT2D eigenvalue weighted by Gasteiger charge is -2.28. The minimum Gasteiger partial charge on any atom is -0.370 e. The van der Waals surface area contributed by atoms with Crippen molar-refractivity contribution in [1.29, 1.82) is 5.26 Å². The molecular formula is C25H22FN5. The summed E-state index contributed by atoms with van der Waals surface area (Å²) in [6.45, 7) is 4.03. The fourth-order valence-electron chi connectivity index (χ4n) is 4.30. The second kappa shape index (κ2) is 7.84. The van der Waals surface area contributed by atoms with Crippen LogP contribution in [-0.2, 0) is 0 Å². The van der Waals surface area contributed by atoms with E-state index in [-0.39, 0.29) is 5.56 Å². The van der Waals surface area contributed by atoms with Gasteiger partial charge in [0.25, 0.3) is 0 Å². The van der Waals surface area contributed by atoms with Gasteiger partial charge in [0.15, 0.2) is 5.65 Å². The van der Waals surface area contributed by atoms with Gasteiger partial charge in [-0.1, -0.05) is 12.1 Å². The molecule has 154 valence electrons. The van der Waals surface area contributed by atoms with Gasteiger partial charge >= 0.3 is 0 Å². The number of piperidine rings is 1. The zero-order valence-electron chi connectivity index (χ0n) is 17.3. The van der Waals surface area contributed by atoms with Crippen LogP contribution < -0.4 is 4.90 Å². The van der Waals surface area contributed by atoms with Crippen LogP contribution in [0.25, 0.3) is 28.2 Å². The van der Waals surface area contributed by atoms with Crippen molar-refractivity contribution >= 4 is 16.9 Å². The third-order valence-corrected chi connectivity index (χ3v) is 5.83. The van der Waals surface area contributed by atoms with E-state index in [0.29, 0.717) is 11.4 Å². The van der Waals surface area contributed by atoms with Crippen molar-refractivity contribution in [2.24, 2.45) is 0 Å². The number of halogens is 1. The van der Waals surface area contributed by atoms with E-state index in [4.69, 9.17) is 10.2 Å². The van der Waals surface area contributed by atoms with Crippen LogP contribution in [0, 0.1) is 24.1 Å². The van der Waals surface area contributed by atoms with Crippen molar-refractivity contribution in [2.45, 2.75) is 26.2 Å². The first-order chi connectivity index (χ1) is 15.2. The summed E-state index contributed by atoms with van der Waals surface area (Å²) < 4.78 is 16.5. The summed E-state index contributed by atoms with van der Waals surface area (Å²) in [5.41, 5.74) is 5.29. The standard InChI is InChI=1S/C25H22FN5/c1-17-6-5-7-20(14-17)31-24(18-8-9-19(16-27)21(26)15-18)29-23-22(10-11-28-25(23)31)30-12-3-2-4-13-30/h5-11,14-15H,2-4,12-13H2,1H3. The first-order valence-electron chi connectivity index (χ1n) is 10.5. The van der Waals surface area contributed by atoms with Crippen molar-refractivity contribution in [3.8, 4) is 23.1 Å². The molecule has 1 saturated heterocycles. The average molecular weight is 411 g/mol. The maximum Gasteiger partial charge on any atom is 0.167 e. The second-order valence-corrected chi connectivity index (χ2v) is 7.97. The summed E-state index contributed by atoms with van der Waals surface area (Å²) in [5.74, 6) is 0.0630. The molecule has 0 saturated carbocycles. The molecule has 0 unspecified atom stereocenters. The van der Waals surface area contributed by atoms with E-state index in [9.17, 15) is 4.39 Å². The number of rotatable bonds is 3. The molecule has 2 aromatic carbocycles. The molecule has 0 bridgehead atoms. The Hall–Kier alpha value is -3.72. The summed E-state index contributed by atoms with van der Waals surface area (Å²) in [5, 5.41) is 9.11. The molecule has 0 aliphatic carbocycles. The molecule has 2 aromatic heterocycles. The van der Waals surface area contributed by atoms with Crippen LogP contribution in [0.1, 0.15) is 30.4 Å². The molecular weight excluding hydrogens is 389 g/mol. The number of pyridine rings is 1. The van der Waals surface area contributed by atoms with Crippen LogP contribution in [0.2, 0.25) is 0 Å². The summed E-state index contributed by atoms with van der Waals surface area (Å²) in [4.78, 5) is 12.0. The van der Waals surface area contributed by atoms with Crippen LogP contribution in [0.4, 0.5) is 10.1 Å². The lowest BCUT2D eigenvalue weighted by atomic mass is 10.1. The summed E-state index contributed by atoms with van der Waals surface area (Å²) in [6, 6.07) is 16.6. The van der Waals surface area contributed by atoms with Gasteiger partial charge in [-0.3, -0.25) is 4.57 Å². The highest BCUT2D eigenvalue weighted by atomic mass is 19.1. The van der Waals surface area contributed by atoms with Gasteiger partial charge < -0.3 is 4.90 Å². The summed E-state index contributed by atoms with van der Waals surface area (Å²) in [6.07, 6.45) is 5.40. The Balaban J connectivity index is 1.78. The third-order valence-electron chi connectivity index (χ3n) is 5.83. The molecule has 0 spiro atoms. The number of imidazole rings is 1. The molecule has 1 fully saturated rings. The highest BCUT2D eigenvalue weighted by molar-refractivity contribution is 5.90. The van der Waals surface area contributed by atoms with E-state index >= 15 is 0 Å². The lowest BCUT2D eigenvalue weighted by molar-refractivity contribution is 0.578. The second-order valence-electron chi connectivity index (χ2n) is 7.97. The fraction of sp³-hybridized carbons (Fsp3) is 0.240. The van der Waals surface area contributed by atoms with Crippen LogP contribution in [0.5, 0.6) is 0 Å². The number of nitrogens with zero attached hydrogens (tertiary/aromatic N) is 5. The number of benzene rings is 2. The van der Waals surface area contributed by atoms with Crippen LogP contribution in [0.3, 0.4) is 0 Å². The zero-order chi connectivity index (χ0) is 21.4. The predicted molar refractivity (Wildman–Crippen MR) is 120 cm³/mol. The normalized spacial score (nSPS) is 14.0. The van der Waals surface area contributed by atoms with Crippen molar-refractivity contribution in [3.05, 3.63) is 71.7 Å². The SMILES string of the molecule is Cc1cccc(-n2c(-c3ccc(C#N)c(F)c3)nc3c(N4CCCCC4)ccnc32)c1. The smallest absolute Gasteiger partial charge is 0.167 e. The minimum absolute atomic E-state index is 0.0223. The highest BCUT2D eigenvalue weighted by Gasteiger charge is 2.22. The first kappa shape index (κ1) is 19.3. The average Bonchev–Trinajstić information content (AvgIpc) is 3.19. The van der Waals surface area contributed by atoms with Gasteiger partial charge in [-0.05, 0) is 68.1 Å². The monoisotopic (exact) mass is 411 g/mol. The van der Waals surface area contributed by atoms with Crippen LogP contribution >= 0.6 is 0 Å². The van der Waals surface area contributed by atoms with Crippen LogP contribution in [0.15, 0.2) is 54.7 Å². The number of nitriles is 1. The van der Waals surface area contributed by atoms with Gasteiger partial charge in [-0.15, -0.1) is 0 Å². The van der Waals surface area contributed by atoms with Gasteiger partial charge in [0, 0.05) is 30.5 Å². The molecule has 6 heteroatoms. The Morgan fingerprint density at radius 3 is 2.61 bits per heavy atom. The van der Waals surface area contributed by atoms with E-state index in [1.54, 1.807) is 6.07 Å². The number of aryl methyl sites for hydroxylation is 1. The minimum atomic E-state index is -0.549. The van der Waals surface area contributed by atoms with Gasteiger partial charge in [-0.2, -0.15) is 5.26 Å². The van der Waals surface area contributed by atoms with Gasteiger partial charge in [0.05, 0.1) is 11.3 Å². The summed E-state index contributed by atoms with van der Waals surface area (Å²) in [7, 11) is 0. The predicted octanol–water partition coefficient (Wildman–Crippen LogP) is 5.40. The Morgan fingerprint density at radius 1 is 1.03 bits per heavy atom. The molecule has 0 atom stereocenters. The van der Waals surface area contributed by atoms with Crippen molar-refractivity contribution < 1.29 is 4.39 Å². The molecule has 3 heterocycles. The van der Waals surface area contributed by atoms with E-state index in [2.05, 4.69) is 16.0 Å². The molecule has 0 radical (unpaired) electrons. The molecule has 0 amide bonds. The quantitative estimate of drug-likeness (QED) is 0.453. The molecule has 5 rings (SSSR count). The first-order valence-corrected chi connectivity index (χ1v) is 10.5. The number of aromatic nitrogens is 3. The fourth-order valence-corrected chi connectivity index (χ4v) is 4.30. The van der Waals surface area contributed by atoms with Gasteiger partial charge in [0.2, 0.25) is 0 Å². The van der Waals surface area contributed by atoms with Crippen molar-refractivity contribution in [2.75, 3.05) is 18.0 Å². The number of fused-ring (bicyclic) bond motifs is 1. The van der Waals surface area contributed by atoms with E-state index < -0.39 is 5.82 Å². The Bertz CT molecular complexity index is 1310. The zero-order valence-corrected chi connectivity index (χ0v) is 17.3. The number of hydrogen-bond donors (Lipinski definition) is 0. The van der Waals surface area contributed by atoms with Gasteiger partial charge in [-0.25, -0.2) is 14.4 Å². The Morgan fingerprint density at radius 2 is 1.87 bits per heavy atom. The van der Waals surface area contributed by atoms with Gasteiger partial charge in [0.1, 0.15) is 23.2 Å². The Labute approximate surface area is 180 Å². The van der Waals surface area contributed by atoms with Crippen LogP contribution in [-0.4, -0.2) is 27.6 Å².